The molecule has 222 valence electrons. The van der Waals surface area contributed by atoms with E-state index in [2.05, 4.69) is 40.8 Å². The van der Waals surface area contributed by atoms with E-state index in [1.807, 2.05) is 29.8 Å². The van der Waals surface area contributed by atoms with Gasteiger partial charge in [-0.3, -0.25) is 4.79 Å². The molecule has 13 nitrogen and oxygen atoms in total. The van der Waals surface area contributed by atoms with Crippen molar-refractivity contribution in [1.82, 2.24) is 36.8 Å². The number of carbonyl (C=O) groups is 1. The Morgan fingerprint density at radius 1 is 1.00 bits per heavy atom. The molecular formula is C28H43N11O2. The van der Waals surface area contributed by atoms with Crippen molar-refractivity contribution in [2.75, 3.05) is 40.5 Å². The summed E-state index contributed by atoms with van der Waals surface area (Å²) in [6.07, 6.45) is 9.80. The zero-order valence-corrected chi connectivity index (χ0v) is 23.4. The average molecular weight is 566 g/mol. The number of benzene rings is 2. The van der Waals surface area contributed by atoms with Gasteiger partial charge in [0.15, 0.2) is 0 Å². The van der Waals surface area contributed by atoms with Gasteiger partial charge in [-0.25, -0.2) is 4.98 Å². The maximum Gasteiger partial charge on any atom is 0.255 e. The highest BCUT2D eigenvalue weighted by atomic mass is 16.3. The van der Waals surface area contributed by atoms with Crippen LogP contribution >= 0.6 is 0 Å². The number of hydrogen-bond acceptors (Lipinski definition) is 11. The number of aryl methyl sites for hydroxylation is 2. The molecular weight excluding hydrogens is 522 g/mol. The summed E-state index contributed by atoms with van der Waals surface area (Å²) >= 11 is 0. The van der Waals surface area contributed by atoms with Crippen LogP contribution < -0.4 is 33.2 Å². The Kier molecular flexibility index (Phi) is 11.0. The molecule has 0 saturated carbocycles. The lowest BCUT2D eigenvalue weighted by Gasteiger charge is -2.27. The quantitative estimate of drug-likeness (QED) is 0.106. The van der Waals surface area contributed by atoms with E-state index in [4.69, 9.17) is 0 Å². The van der Waals surface area contributed by atoms with E-state index in [0.29, 0.717) is 41.3 Å². The van der Waals surface area contributed by atoms with Gasteiger partial charge in [-0.1, -0.05) is 17.7 Å². The highest BCUT2D eigenvalue weighted by molar-refractivity contribution is 6.05. The van der Waals surface area contributed by atoms with Crippen LogP contribution in [0.3, 0.4) is 0 Å². The van der Waals surface area contributed by atoms with Crippen molar-refractivity contribution in [2.24, 2.45) is 0 Å². The van der Waals surface area contributed by atoms with E-state index in [1.165, 1.54) is 12.5 Å². The number of aromatic hydroxyl groups is 1. The van der Waals surface area contributed by atoms with Crippen LogP contribution in [0.1, 0.15) is 44.5 Å². The average Bonchev–Trinajstić information content (AvgIpc) is 3.47. The molecule has 5 rings (SSSR count). The van der Waals surface area contributed by atoms with E-state index in [9.17, 15) is 9.90 Å². The standard InChI is InChI=1S/C28H33N9O2.2H3N.2H2/c1-20-6-8-21(9-7-20)25(39)32-23-11-10-22(18-24(23)38)31-27-33-26(30-12-5-14-36-17-13-29-19-36)34-28(35-27)37-15-3-2-4-16-37;;;;/h6-11,13,17-19,38H,2-5,12,14-16H2,1H3,(H,32,39)(H2,30,31,33,34,35);2*1H3;2*1H. The Labute approximate surface area is 242 Å². The lowest BCUT2D eigenvalue weighted by atomic mass is 10.1. The second-order valence-corrected chi connectivity index (χ2v) is 9.59. The molecule has 1 saturated heterocycles. The molecule has 13 heteroatoms. The molecule has 0 unspecified atom stereocenters. The van der Waals surface area contributed by atoms with Crippen LogP contribution in [0.15, 0.2) is 61.2 Å². The summed E-state index contributed by atoms with van der Waals surface area (Å²) in [7, 11) is 0. The fraction of sp³-hybridized carbons (Fsp3) is 0.321. The minimum Gasteiger partial charge on any atom is -0.506 e. The van der Waals surface area contributed by atoms with Gasteiger partial charge in [-0.05, 0) is 56.9 Å². The monoisotopic (exact) mass is 565 g/mol. The Morgan fingerprint density at radius 3 is 2.46 bits per heavy atom. The zero-order chi connectivity index (χ0) is 27.0. The van der Waals surface area contributed by atoms with Gasteiger partial charge in [0.2, 0.25) is 17.8 Å². The predicted octanol–water partition coefficient (Wildman–Crippen LogP) is 5.39. The Balaban J connectivity index is 0.00000231. The summed E-state index contributed by atoms with van der Waals surface area (Å²) in [5.74, 6) is 1.13. The molecule has 1 amide bonds. The highest BCUT2D eigenvalue weighted by Crippen LogP contribution is 2.29. The predicted molar refractivity (Wildman–Crippen MR) is 166 cm³/mol. The number of phenolic OH excluding ortho intramolecular Hbond substituents is 1. The second kappa shape index (κ2) is 14.6. The van der Waals surface area contributed by atoms with Crippen LogP contribution in [-0.4, -0.2) is 55.2 Å². The van der Waals surface area contributed by atoms with Gasteiger partial charge >= 0.3 is 0 Å². The normalized spacial score (nSPS) is 12.6. The third-order valence-electron chi connectivity index (χ3n) is 6.51. The van der Waals surface area contributed by atoms with Crippen molar-refractivity contribution >= 4 is 35.1 Å². The molecule has 0 bridgehead atoms. The summed E-state index contributed by atoms with van der Waals surface area (Å²) in [6.45, 7) is 5.30. The highest BCUT2D eigenvalue weighted by Gasteiger charge is 2.17. The number of phenols is 1. The van der Waals surface area contributed by atoms with E-state index in [-0.39, 0.29) is 26.8 Å². The number of hydrogen-bond donors (Lipinski definition) is 6. The van der Waals surface area contributed by atoms with Crippen molar-refractivity contribution in [3.63, 3.8) is 0 Å². The molecule has 0 aliphatic carbocycles. The molecule has 1 aliphatic rings. The number of piperidine rings is 1. The second-order valence-electron chi connectivity index (χ2n) is 9.59. The number of imidazole rings is 1. The molecule has 3 heterocycles. The van der Waals surface area contributed by atoms with Crippen molar-refractivity contribution in [1.29, 1.82) is 0 Å². The number of nitrogens with one attached hydrogen (secondary N) is 3. The molecule has 2 aromatic heterocycles. The topological polar surface area (TPSA) is 203 Å². The summed E-state index contributed by atoms with van der Waals surface area (Å²) in [4.78, 5) is 32.7. The molecule has 4 aromatic rings. The molecule has 1 fully saturated rings. The lowest BCUT2D eigenvalue weighted by molar-refractivity contribution is 0.102. The first kappa shape index (κ1) is 30.8. The van der Waals surface area contributed by atoms with Gasteiger partial charge in [0.1, 0.15) is 5.75 Å². The first-order chi connectivity index (χ1) is 19.0. The van der Waals surface area contributed by atoms with E-state index in [0.717, 1.165) is 44.5 Å². The van der Waals surface area contributed by atoms with Gasteiger partial charge in [-0.15, -0.1) is 0 Å². The molecule has 0 atom stereocenters. The molecule has 2 aromatic carbocycles. The minimum absolute atomic E-state index is 0. The zero-order valence-electron chi connectivity index (χ0n) is 23.4. The van der Waals surface area contributed by atoms with E-state index in [1.54, 1.807) is 36.8 Å². The number of rotatable bonds is 10. The van der Waals surface area contributed by atoms with Gasteiger partial charge in [-0.2, -0.15) is 15.0 Å². The van der Waals surface area contributed by atoms with Crippen LogP contribution in [0.25, 0.3) is 0 Å². The van der Waals surface area contributed by atoms with Crippen LogP contribution in [0.4, 0.5) is 29.2 Å². The summed E-state index contributed by atoms with van der Waals surface area (Å²) < 4.78 is 2.03. The Hall–Kier alpha value is -4.75. The Bertz CT molecular complexity index is 1400. The smallest absolute Gasteiger partial charge is 0.255 e. The minimum atomic E-state index is -0.293. The number of amides is 1. The van der Waals surface area contributed by atoms with Gasteiger partial charge < -0.3 is 42.8 Å². The fourth-order valence-corrected chi connectivity index (χ4v) is 4.36. The van der Waals surface area contributed by atoms with Gasteiger partial charge in [0.05, 0.1) is 12.0 Å². The molecule has 41 heavy (non-hydrogen) atoms. The summed E-state index contributed by atoms with van der Waals surface area (Å²) in [5, 5.41) is 19.9. The number of carbonyl (C=O) groups excluding carboxylic acids is 1. The van der Waals surface area contributed by atoms with Crippen molar-refractivity contribution < 1.29 is 12.8 Å². The third kappa shape index (κ3) is 8.37. The molecule has 0 radical (unpaired) electrons. The van der Waals surface area contributed by atoms with Crippen molar-refractivity contribution in [3.8, 4) is 5.75 Å². The first-order valence-electron chi connectivity index (χ1n) is 13.2. The van der Waals surface area contributed by atoms with Crippen molar-refractivity contribution in [2.45, 2.75) is 39.2 Å². The number of nitrogens with zero attached hydrogens (tertiary/aromatic N) is 6. The number of anilines is 5. The van der Waals surface area contributed by atoms with Gasteiger partial charge in [0, 0.05) is 58.7 Å². The fourth-order valence-electron chi connectivity index (χ4n) is 4.36. The largest absolute Gasteiger partial charge is 0.506 e. The third-order valence-corrected chi connectivity index (χ3v) is 6.51. The van der Waals surface area contributed by atoms with Crippen LogP contribution in [0.2, 0.25) is 0 Å². The van der Waals surface area contributed by atoms with E-state index < -0.39 is 0 Å². The van der Waals surface area contributed by atoms with Crippen LogP contribution in [0, 0.1) is 6.92 Å². The maximum atomic E-state index is 12.6. The summed E-state index contributed by atoms with van der Waals surface area (Å²) in [6, 6.07) is 12.2. The maximum absolute atomic E-state index is 12.6. The van der Waals surface area contributed by atoms with Crippen molar-refractivity contribution in [3.05, 3.63) is 72.3 Å². The lowest BCUT2D eigenvalue weighted by Crippen LogP contribution is -2.31. The molecule has 0 spiro atoms. The SMILES string of the molecule is Cc1ccc(C(=O)Nc2ccc(Nc3nc(NCCCn4ccnc4)nc(N4CCCCC4)n3)cc2O)cc1.N.N.[HH].[HH]. The summed E-state index contributed by atoms with van der Waals surface area (Å²) in [5.41, 5.74) is 2.49. The van der Waals surface area contributed by atoms with Crippen LogP contribution in [0.5, 0.6) is 5.75 Å². The van der Waals surface area contributed by atoms with E-state index >= 15 is 0 Å². The molecule has 1 aliphatic heterocycles. The van der Waals surface area contributed by atoms with Crippen LogP contribution in [-0.2, 0) is 6.54 Å². The molecule has 10 N–H and O–H groups in total. The Morgan fingerprint density at radius 2 is 1.76 bits per heavy atom. The first-order valence-corrected chi connectivity index (χ1v) is 13.2. The number of aromatic nitrogens is 5. The van der Waals surface area contributed by atoms with Gasteiger partial charge in [0.25, 0.3) is 5.91 Å².